The summed E-state index contributed by atoms with van der Waals surface area (Å²) in [7, 11) is 0. The highest BCUT2D eigenvalue weighted by molar-refractivity contribution is 5.01. The summed E-state index contributed by atoms with van der Waals surface area (Å²) in [5, 5.41) is 3.61. The minimum Gasteiger partial charge on any atom is -0.370 e. The molecule has 2 saturated heterocycles. The maximum Gasteiger partial charge on any atom is 0.330 e. The van der Waals surface area contributed by atoms with Crippen LogP contribution < -0.4 is 11.2 Å². The molecular formula is C9H9N5O4. The van der Waals surface area contributed by atoms with Crippen molar-refractivity contribution in [2.75, 3.05) is 6.61 Å². The van der Waals surface area contributed by atoms with Gasteiger partial charge in [-0.15, -0.1) is 0 Å². The summed E-state index contributed by atoms with van der Waals surface area (Å²) >= 11 is 0. The molecule has 3 heterocycles. The van der Waals surface area contributed by atoms with E-state index in [9.17, 15) is 9.59 Å². The van der Waals surface area contributed by atoms with Crippen LogP contribution in [0.4, 0.5) is 0 Å². The Labute approximate surface area is 99.6 Å². The molecule has 0 aromatic carbocycles. The van der Waals surface area contributed by atoms with Gasteiger partial charge in [-0.3, -0.25) is 14.3 Å². The number of hydrogen-bond donors (Lipinski definition) is 1. The second kappa shape index (κ2) is 3.98. The van der Waals surface area contributed by atoms with E-state index in [1.807, 2.05) is 0 Å². The molecule has 18 heavy (non-hydrogen) atoms. The van der Waals surface area contributed by atoms with Crippen LogP contribution in [-0.4, -0.2) is 34.4 Å². The van der Waals surface area contributed by atoms with Gasteiger partial charge in [-0.2, -0.15) is 0 Å². The smallest absolute Gasteiger partial charge is 0.330 e. The summed E-state index contributed by atoms with van der Waals surface area (Å²) in [6.07, 6.45) is -0.198. The molecule has 1 aromatic rings. The summed E-state index contributed by atoms with van der Waals surface area (Å²) in [6.45, 7) is 0.336. The number of aromatic amines is 1. The van der Waals surface area contributed by atoms with Crippen LogP contribution in [0.15, 0.2) is 27.0 Å². The van der Waals surface area contributed by atoms with Crippen molar-refractivity contribution in [3.8, 4) is 0 Å². The van der Waals surface area contributed by atoms with Crippen LogP contribution in [0.3, 0.4) is 0 Å². The Morgan fingerprint density at radius 2 is 2.39 bits per heavy atom. The molecule has 0 spiro atoms. The number of azide groups is 1. The zero-order valence-corrected chi connectivity index (χ0v) is 9.09. The zero-order chi connectivity index (χ0) is 12.7. The minimum atomic E-state index is -0.677. The molecule has 0 saturated carbocycles. The predicted molar refractivity (Wildman–Crippen MR) is 57.9 cm³/mol. The van der Waals surface area contributed by atoms with E-state index in [4.69, 9.17) is 15.0 Å². The largest absolute Gasteiger partial charge is 0.370 e. The number of ether oxygens (including phenoxy) is 2. The normalized spacial score (nSPS) is 33.3. The number of aromatic nitrogens is 2. The van der Waals surface area contributed by atoms with Crippen molar-refractivity contribution in [2.45, 2.75) is 24.5 Å². The van der Waals surface area contributed by atoms with Crippen molar-refractivity contribution in [1.29, 1.82) is 0 Å². The van der Waals surface area contributed by atoms with E-state index in [0.717, 1.165) is 0 Å². The first-order valence-electron chi connectivity index (χ1n) is 5.33. The van der Waals surface area contributed by atoms with Crippen molar-refractivity contribution in [2.24, 2.45) is 5.11 Å². The quantitative estimate of drug-likeness (QED) is 0.433. The highest BCUT2D eigenvalue weighted by Gasteiger charge is 2.51. The first kappa shape index (κ1) is 11.0. The molecule has 1 N–H and O–H groups in total. The highest BCUT2D eigenvalue weighted by Crippen LogP contribution is 2.38. The van der Waals surface area contributed by atoms with Gasteiger partial charge < -0.3 is 9.47 Å². The highest BCUT2D eigenvalue weighted by atomic mass is 16.6. The molecule has 9 nitrogen and oxygen atoms in total. The van der Waals surface area contributed by atoms with Gasteiger partial charge in [-0.05, 0) is 5.53 Å². The predicted octanol–water partition coefficient (Wildman–Crippen LogP) is -0.488. The molecule has 0 aliphatic carbocycles. The summed E-state index contributed by atoms with van der Waals surface area (Å²) in [5.41, 5.74) is 7.41. The molecule has 2 aliphatic heterocycles. The van der Waals surface area contributed by atoms with Crippen LogP contribution in [0.25, 0.3) is 10.4 Å². The molecule has 2 fully saturated rings. The van der Waals surface area contributed by atoms with Crippen molar-refractivity contribution >= 4 is 0 Å². The topological polar surface area (TPSA) is 122 Å². The van der Waals surface area contributed by atoms with Gasteiger partial charge >= 0.3 is 5.69 Å². The number of rotatable bonds is 2. The Kier molecular flexibility index (Phi) is 2.44. The molecule has 3 rings (SSSR count). The summed E-state index contributed by atoms with van der Waals surface area (Å²) in [6, 6.07) is 0.776. The Bertz CT molecular complexity index is 630. The molecule has 0 unspecified atom stereocenters. The molecule has 94 valence electrons. The van der Waals surface area contributed by atoms with Crippen molar-refractivity contribution in [1.82, 2.24) is 9.55 Å². The average molecular weight is 251 g/mol. The van der Waals surface area contributed by atoms with E-state index in [-0.39, 0.29) is 6.10 Å². The van der Waals surface area contributed by atoms with E-state index in [1.54, 1.807) is 0 Å². The zero-order valence-electron chi connectivity index (χ0n) is 9.09. The lowest BCUT2D eigenvalue weighted by Gasteiger charge is -2.23. The van der Waals surface area contributed by atoms with Gasteiger partial charge in [0.15, 0.2) is 6.23 Å². The molecule has 0 amide bonds. The fourth-order valence-corrected chi connectivity index (χ4v) is 2.29. The van der Waals surface area contributed by atoms with E-state index < -0.39 is 29.6 Å². The van der Waals surface area contributed by atoms with E-state index in [1.165, 1.54) is 16.8 Å². The van der Waals surface area contributed by atoms with Gasteiger partial charge in [0, 0.05) is 17.2 Å². The first-order chi connectivity index (χ1) is 8.70. The van der Waals surface area contributed by atoms with Crippen LogP contribution >= 0.6 is 0 Å². The second-order valence-electron chi connectivity index (χ2n) is 4.08. The van der Waals surface area contributed by atoms with Gasteiger partial charge in [0.2, 0.25) is 0 Å². The van der Waals surface area contributed by atoms with Crippen molar-refractivity contribution < 1.29 is 9.47 Å². The van der Waals surface area contributed by atoms with E-state index in [2.05, 4.69) is 15.0 Å². The first-order valence-corrected chi connectivity index (χ1v) is 5.33. The molecular weight excluding hydrogens is 242 g/mol. The Balaban J connectivity index is 1.98. The van der Waals surface area contributed by atoms with Gasteiger partial charge in [-0.25, -0.2) is 4.79 Å². The SMILES string of the molecule is [N-]=[N+]=N[C@H]1[C@@H]2OC[C@H]1O[C@H]2n1ccc(=O)[nH]c1=O. The number of H-pyrrole nitrogens is 1. The lowest BCUT2D eigenvalue weighted by atomic mass is 10.1. The van der Waals surface area contributed by atoms with Gasteiger partial charge in [0.1, 0.15) is 6.10 Å². The van der Waals surface area contributed by atoms with Gasteiger partial charge in [0.25, 0.3) is 5.56 Å². The van der Waals surface area contributed by atoms with E-state index in [0.29, 0.717) is 6.61 Å². The lowest BCUT2D eigenvalue weighted by molar-refractivity contribution is -0.128. The standard InChI is InChI=1S/C9H9N5O4/c10-13-12-6-4-3-17-7(6)8(18-4)14-2-1-5(15)11-9(14)16/h1-2,4,6-8H,3H2,(H,11,15,16)/t4-,6-,7+,8-/m1/s1. The van der Waals surface area contributed by atoms with Crippen LogP contribution in [0, 0.1) is 0 Å². The molecule has 2 bridgehead atoms. The van der Waals surface area contributed by atoms with E-state index >= 15 is 0 Å². The van der Waals surface area contributed by atoms with Gasteiger partial charge in [0.05, 0.1) is 18.8 Å². The number of nitrogens with one attached hydrogen (secondary N) is 1. The summed E-state index contributed by atoms with van der Waals surface area (Å²) in [5.74, 6) is 0. The Morgan fingerprint density at radius 3 is 3.11 bits per heavy atom. The molecule has 2 aliphatic rings. The van der Waals surface area contributed by atoms with Crippen LogP contribution in [0.5, 0.6) is 0 Å². The van der Waals surface area contributed by atoms with Crippen LogP contribution in [-0.2, 0) is 9.47 Å². The Hall–Kier alpha value is -2.09. The fourth-order valence-electron chi connectivity index (χ4n) is 2.29. The summed E-state index contributed by atoms with van der Waals surface area (Å²) in [4.78, 5) is 27.5. The molecule has 4 atom stereocenters. The number of fused-ring (bicyclic) bond motifs is 2. The average Bonchev–Trinajstić information content (AvgIpc) is 2.87. The Morgan fingerprint density at radius 1 is 1.56 bits per heavy atom. The number of hydrogen-bond acceptors (Lipinski definition) is 5. The van der Waals surface area contributed by atoms with Gasteiger partial charge in [-0.1, -0.05) is 5.11 Å². The third-order valence-electron chi connectivity index (χ3n) is 3.08. The maximum absolute atomic E-state index is 11.6. The monoisotopic (exact) mass is 251 g/mol. The molecule has 9 heteroatoms. The van der Waals surface area contributed by atoms with Crippen LogP contribution in [0.2, 0.25) is 0 Å². The molecule has 0 radical (unpaired) electrons. The second-order valence-corrected chi connectivity index (χ2v) is 4.08. The van der Waals surface area contributed by atoms with Crippen molar-refractivity contribution in [3.63, 3.8) is 0 Å². The third-order valence-corrected chi connectivity index (χ3v) is 3.08. The lowest BCUT2D eigenvalue weighted by Crippen LogP contribution is -2.37. The van der Waals surface area contributed by atoms with Crippen LogP contribution in [0.1, 0.15) is 6.23 Å². The minimum absolute atomic E-state index is 0.336. The summed E-state index contributed by atoms with van der Waals surface area (Å²) < 4.78 is 12.2. The molecule has 1 aromatic heterocycles. The fraction of sp³-hybridized carbons (Fsp3) is 0.556. The maximum atomic E-state index is 11.6. The third kappa shape index (κ3) is 1.53. The van der Waals surface area contributed by atoms with Crippen molar-refractivity contribution in [3.05, 3.63) is 43.5 Å². The number of nitrogens with zero attached hydrogens (tertiary/aromatic N) is 4.